The summed E-state index contributed by atoms with van der Waals surface area (Å²) in [6, 6.07) is 0. The lowest BCUT2D eigenvalue weighted by Crippen LogP contribution is -2.47. The van der Waals surface area contributed by atoms with Gasteiger partial charge >= 0.3 is 6.18 Å². The van der Waals surface area contributed by atoms with Crippen LogP contribution in [-0.4, -0.2) is 18.2 Å². The zero-order valence-corrected chi connectivity index (χ0v) is 20.1. The summed E-state index contributed by atoms with van der Waals surface area (Å²) in [5.74, 6) is 1.91. The van der Waals surface area contributed by atoms with Gasteiger partial charge in [0, 0.05) is 40.3 Å². The second-order valence-electron chi connectivity index (χ2n) is 12.0. The molecular weight excluding hydrogens is 451 g/mol. The molecule has 6 heteroatoms. The van der Waals surface area contributed by atoms with Crippen LogP contribution in [0.15, 0.2) is 46.3 Å². The van der Waals surface area contributed by atoms with Crippen LogP contribution in [0.2, 0.25) is 0 Å². The third-order valence-corrected chi connectivity index (χ3v) is 10.0. The highest BCUT2D eigenvalue weighted by Crippen LogP contribution is 2.61. The smallest absolute Gasteiger partial charge is 0.362 e. The Kier molecular flexibility index (Phi) is 5.65. The summed E-state index contributed by atoms with van der Waals surface area (Å²) in [6.45, 7) is 0. The highest BCUT2D eigenvalue weighted by atomic mass is 19.4. The maximum atomic E-state index is 13.5. The Morgan fingerprint density at radius 3 is 2.31 bits per heavy atom. The van der Waals surface area contributed by atoms with E-state index in [4.69, 9.17) is 0 Å². The minimum Gasteiger partial charge on any atom is -0.362 e. The molecule has 6 aliphatic rings. The van der Waals surface area contributed by atoms with Crippen molar-refractivity contribution in [1.82, 2.24) is 5.32 Å². The van der Waals surface area contributed by atoms with E-state index in [0.717, 1.165) is 30.1 Å². The molecule has 5 aliphatic carbocycles. The van der Waals surface area contributed by atoms with Crippen LogP contribution in [0, 0.1) is 35.0 Å². The maximum Gasteiger partial charge on any atom is 0.412 e. The molecule has 3 nitrogen and oxygen atoms in total. The molecule has 0 amide bonds. The number of dihydropyridines is 1. The molecule has 35 heavy (non-hydrogen) atoms. The normalized spacial score (nSPS) is 36.0. The SMILES string of the molecule is O=CC1=CC=C(C(F)(F)F)CC12CC(C1CC(=O)C3=C(C1)NC(C1CCCC1)=CC3C1CCC1)C2. The van der Waals surface area contributed by atoms with E-state index in [1.54, 1.807) is 0 Å². The number of Topliss-reactive ketones (excluding diaryl/α,β-unsaturated/α-hetero) is 1. The van der Waals surface area contributed by atoms with Crippen molar-refractivity contribution in [1.29, 1.82) is 0 Å². The first kappa shape index (κ1) is 23.3. The predicted molar refractivity (Wildman–Crippen MR) is 127 cm³/mol. The Bertz CT molecular complexity index is 1050. The second-order valence-corrected chi connectivity index (χ2v) is 12.0. The molecule has 0 aromatic rings. The number of hydrogen-bond donors (Lipinski definition) is 1. The van der Waals surface area contributed by atoms with Crippen molar-refractivity contribution in [2.45, 2.75) is 83.2 Å². The lowest BCUT2D eigenvalue weighted by atomic mass is 9.50. The molecule has 0 radical (unpaired) electrons. The fraction of sp³-hybridized carbons (Fsp3) is 0.655. The van der Waals surface area contributed by atoms with Crippen LogP contribution in [-0.2, 0) is 9.59 Å². The number of nitrogens with one attached hydrogen (secondary N) is 1. The van der Waals surface area contributed by atoms with Gasteiger partial charge in [0.1, 0.15) is 6.29 Å². The van der Waals surface area contributed by atoms with Crippen molar-refractivity contribution in [2.75, 3.05) is 0 Å². The molecule has 1 spiro atoms. The summed E-state index contributed by atoms with van der Waals surface area (Å²) < 4.78 is 40.2. The Balaban J connectivity index is 1.21. The predicted octanol–water partition coefficient (Wildman–Crippen LogP) is 6.73. The highest BCUT2D eigenvalue weighted by Gasteiger charge is 2.54. The number of alkyl halides is 3. The number of carbonyl (C=O) groups is 2. The first-order chi connectivity index (χ1) is 16.8. The van der Waals surface area contributed by atoms with Crippen molar-refractivity contribution >= 4 is 12.1 Å². The number of ketones is 1. The summed E-state index contributed by atoms with van der Waals surface area (Å²) in [5.41, 5.74) is 2.63. The first-order valence-corrected chi connectivity index (χ1v) is 13.5. The van der Waals surface area contributed by atoms with Crippen molar-refractivity contribution in [3.63, 3.8) is 0 Å². The molecule has 0 saturated heterocycles. The molecule has 2 atom stereocenters. The molecule has 1 N–H and O–H groups in total. The zero-order chi connectivity index (χ0) is 24.4. The molecule has 6 rings (SSSR count). The molecule has 2 unspecified atom stereocenters. The molecule has 0 bridgehead atoms. The summed E-state index contributed by atoms with van der Waals surface area (Å²) in [7, 11) is 0. The second kappa shape index (κ2) is 8.48. The quantitative estimate of drug-likeness (QED) is 0.449. The Morgan fingerprint density at radius 2 is 1.69 bits per heavy atom. The van der Waals surface area contributed by atoms with Crippen molar-refractivity contribution in [3.05, 3.63) is 46.3 Å². The van der Waals surface area contributed by atoms with Gasteiger partial charge in [-0.1, -0.05) is 37.5 Å². The molecule has 1 aliphatic heterocycles. The molecular formula is C29H34F3NO2. The average Bonchev–Trinajstić information content (AvgIpc) is 3.29. The molecule has 188 valence electrons. The summed E-state index contributed by atoms with van der Waals surface area (Å²) in [4.78, 5) is 25.2. The standard InChI is InChI=1S/C29H34F3NO2/c30-29(31,32)21-8-9-22(16-34)28(15-21)13-20(14-28)19-10-25-27(26(35)11-19)23(17-6-3-7-17)12-24(33-25)18-4-1-2-5-18/h8-9,12,16-20,23,33H,1-7,10-11,13-15H2. The molecule has 3 saturated carbocycles. The topological polar surface area (TPSA) is 46.2 Å². The van der Waals surface area contributed by atoms with E-state index < -0.39 is 17.2 Å². The first-order valence-electron chi connectivity index (χ1n) is 13.5. The van der Waals surface area contributed by atoms with Gasteiger partial charge in [0.05, 0.1) is 0 Å². The number of rotatable bonds is 4. The van der Waals surface area contributed by atoms with Crippen LogP contribution in [0.25, 0.3) is 0 Å². The van der Waals surface area contributed by atoms with Crippen LogP contribution in [0.4, 0.5) is 13.2 Å². The highest BCUT2D eigenvalue weighted by molar-refractivity contribution is 5.98. The molecule has 3 fully saturated rings. The summed E-state index contributed by atoms with van der Waals surface area (Å²) >= 11 is 0. The largest absolute Gasteiger partial charge is 0.412 e. The van der Waals surface area contributed by atoms with Gasteiger partial charge in [-0.15, -0.1) is 0 Å². The maximum absolute atomic E-state index is 13.5. The van der Waals surface area contributed by atoms with Gasteiger partial charge < -0.3 is 5.32 Å². The minimum atomic E-state index is -4.37. The van der Waals surface area contributed by atoms with E-state index in [-0.39, 0.29) is 30.0 Å². The molecule has 1 heterocycles. The van der Waals surface area contributed by atoms with E-state index in [1.807, 2.05) is 0 Å². The third kappa shape index (κ3) is 3.95. The van der Waals surface area contributed by atoms with Crippen LogP contribution < -0.4 is 5.32 Å². The molecule has 0 aromatic carbocycles. The van der Waals surface area contributed by atoms with Crippen molar-refractivity contribution < 1.29 is 22.8 Å². The van der Waals surface area contributed by atoms with Gasteiger partial charge in [0.15, 0.2) is 5.78 Å². The van der Waals surface area contributed by atoms with Crippen LogP contribution in [0.3, 0.4) is 0 Å². The Labute approximate surface area is 205 Å². The van der Waals surface area contributed by atoms with Gasteiger partial charge in [-0.3, -0.25) is 9.59 Å². The van der Waals surface area contributed by atoms with Crippen molar-refractivity contribution in [2.24, 2.45) is 35.0 Å². The van der Waals surface area contributed by atoms with E-state index in [1.165, 1.54) is 56.7 Å². The third-order valence-electron chi connectivity index (χ3n) is 10.0. The number of aldehydes is 1. The lowest BCUT2D eigenvalue weighted by Gasteiger charge is -2.53. The van der Waals surface area contributed by atoms with Gasteiger partial charge in [0.25, 0.3) is 0 Å². The van der Waals surface area contributed by atoms with E-state index >= 15 is 0 Å². The van der Waals surface area contributed by atoms with Gasteiger partial charge in [-0.25, -0.2) is 0 Å². The zero-order valence-electron chi connectivity index (χ0n) is 20.1. The number of hydrogen-bond acceptors (Lipinski definition) is 3. The lowest BCUT2D eigenvalue weighted by molar-refractivity contribution is -0.120. The van der Waals surface area contributed by atoms with Crippen LogP contribution in [0.1, 0.15) is 77.0 Å². The fourth-order valence-electron chi connectivity index (χ4n) is 7.85. The summed E-state index contributed by atoms with van der Waals surface area (Å²) in [6.07, 6.45) is 12.0. The van der Waals surface area contributed by atoms with E-state index in [9.17, 15) is 22.8 Å². The van der Waals surface area contributed by atoms with Crippen LogP contribution >= 0.6 is 0 Å². The van der Waals surface area contributed by atoms with Gasteiger partial charge in [-0.05, 0) is 80.6 Å². The summed E-state index contributed by atoms with van der Waals surface area (Å²) in [5, 5.41) is 3.71. The van der Waals surface area contributed by atoms with Gasteiger partial charge in [0.2, 0.25) is 0 Å². The number of carbonyl (C=O) groups excluding carboxylic acids is 2. The average molecular weight is 486 g/mol. The van der Waals surface area contributed by atoms with Crippen LogP contribution in [0.5, 0.6) is 0 Å². The monoisotopic (exact) mass is 485 g/mol. The Hall–Kier alpha value is -2.11. The van der Waals surface area contributed by atoms with E-state index in [2.05, 4.69) is 11.4 Å². The van der Waals surface area contributed by atoms with Gasteiger partial charge in [-0.2, -0.15) is 13.2 Å². The van der Waals surface area contributed by atoms with E-state index in [0.29, 0.717) is 36.7 Å². The fourth-order valence-corrected chi connectivity index (χ4v) is 7.85. The van der Waals surface area contributed by atoms with Crippen molar-refractivity contribution in [3.8, 4) is 0 Å². The Morgan fingerprint density at radius 1 is 0.943 bits per heavy atom. The number of allylic oxidation sites excluding steroid dienone is 8. The minimum absolute atomic E-state index is 0.122. The number of halogens is 3. The molecule has 0 aromatic heterocycles.